The van der Waals surface area contributed by atoms with E-state index in [1.54, 1.807) is 22.3 Å². The van der Waals surface area contributed by atoms with E-state index < -0.39 is 25.8 Å². The molecule has 52 heavy (non-hydrogen) atoms. The smallest absolute Gasteiger partial charge is 1.00 e. The van der Waals surface area contributed by atoms with Gasteiger partial charge < -0.3 is 24.8 Å². The van der Waals surface area contributed by atoms with E-state index >= 15 is 0 Å². The molecule has 0 fully saturated rings. The maximum Gasteiger partial charge on any atom is -1.00 e. The molecule has 4 aromatic carbocycles. The summed E-state index contributed by atoms with van der Waals surface area (Å²) in [7, 11) is 0. The van der Waals surface area contributed by atoms with Crippen molar-refractivity contribution in [1.82, 2.24) is 0 Å². The summed E-state index contributed by atoms with van der Waals surface area (Å²) in [5.41, 5.74) is 19.9. The third-order valence-corrected chi connectivity index (χ3v) is 32.4. The fourth-order valence-electron chi connectivity index (χ4n) is 8.50. The Hall–Kier alpha value is -2.56. The molecule has 0 amide bonds. The van der Waals surface area contributed by atoms with Crippen LogP contribution in [0.2, 0.25) is 13.1 Å². The Kier molecular flexibility index (Phi) is 11.8. The number of rotatable bonds is 6. The Bertz CT molecular complexity index is 2250. The molecule has 2 atom stereocenters. The molecule has 2 aromatic heterocycles. The van der Waals surface area contributed by atoms with Gasteiger partial charge in [0.05, 0.1) is 0 Å². The van der Waals surface area contributed by atoms with Crippen LogP contribution in [0.4, 0.5) is 0 Å². The summed E-state index contributed by atoms with van der Waals surface area (Å²) in [6, 6.07) is 37.1. The Morgan fingerprint density at radius 2 is 0.904 bits per heavy atom. The minimum atomic E-state index is -2.52. The Labute approximate surface area is 338 Å². The molecule has 2 unspecified atom stereocenters. The molecule has 8 rings (SSSR count). The molecule has 0 aliphatic heterocycles. The van der Waals surface area contributed by atoms with Gasteiger partial charge in [0.25, 0.3) is 0 Å². The summed E-state index contributed by atoms with van der Waals surface area (Å²) in [6.45, 7) is 19.3. The first-order chi connectivity index (χ1) is 24.1. The van der Waals surface area contributed by atoms with Gasteiger partial charge in [0.2, 0.25) is 0 Å². The number of fused-ring (bicyclic) bond motifs is 2. The largest absolute Gasteiger partial charge is 1.00 e. The van der Waals surface area contributed by atoms with Crippen LogP contribution < -0.4 is 24.8 Å². The Balaban J connectivity index is 0.00000232. The predicted molar refractivity (Wildman–Crippen MR) is 220 cm³/mol. The quantitative estimate of drug-likeness (QED) is 0.151. The van der Waals surface area contributed by atoms with E-state index in [1.165, 1.54) is 75.1 Å². The number of benzene rings is 4. The summed E-state index contributed by atoms with van der Waals surface area (Å²) in [6.07, 6.45) is 5.30. The third kappa shape index (κ3) is 6.71. The van der Waals surface area contributed by atoms with E-state index in [0.29, 0.717) is 7.25 Å². The fourth-order valence-corrected chi connectivity index (χ4v) is 30.7. The van der Waals surface area contributed by atoms with Gasteiger partial charge in [-0.15, -0.1) is 0 Å². The summed E-state index contributed by atoms with van der Waals surface area (Å²) in [5.74, 6) is 0. The Morgan fingerprint density at radius 3 is 1.23 bits per heavy atom. The normalized spacial score (nSPS) is 15.4. The number of halogens is 2. The van der Waals surface area contributed by atoms with Crippen molar-refractivity contribution >= 4 is 51.4 Å². The number of hydrogen-bond acceptors (Lipinski definition) is 2. The van der Waals surface area contributed by atoms with Gasteiger partial charge in [-0.2, -0.15) is 0 Å². The van der Waals surface area contributed by atoms with Crippen molar-refractivity contribution in [3.8, 4) is 22.3 Å². The molecule has 0 bridgehead atoms. The van der Waals surface area contributed by atoms with Gasteiger partial charge in [-0.3, -0.25) is 0 Å². The molecule has 262 valence electrons. The maximum absolute atomic E-state index is 2.67. The van der Waals surface area contributed by atoms with E-state index in [-0.39, 0.29) is 24.8 Å². The van der Waals surface area contributed by atoms with Gasteiger partial charge >= 0.3 is 317 Å². The number of hydrogen-bond donors (Lipinski definition) is 0. The van der Waals surface area contributed by atoms with Crippen LogP contribution in [0.3, 0.4) is 0 Å². The molecule has 2 heterocycles. The molecule has 0 saturated carbocycles. The molecular weight excluding hydrogens is 807 g/mol. The van der Waals surface area contributed by atoms with Crippen molar-refractivity contribution in [2.75, 3.05) is 0 Å². The Morgan fingerprint density at radius 1 is 0.519 bits per heavy atom. The summed E-state index contributed by atoms with van der Waals surface area (Å²) >= 11 is 1.47. The van der Waals surface area contributed by atoms with Gasteiger partial charge in [-0.1, -0.05) is 0 Å². The zero-order valence-corrected chi connectivity index (χ0v) is 37.7. The second-order valence-electron chi connectivity index (χ2n) is 14.5. The van der Waals surface area contributed by atoms with Crippen LogP contribution in [0.5, 0.6) is 0 Å². The van der Waals surface area contributed by atoms with Gasteiger partial charge in [-0.25, -0.2) is 0 Å². The van der Waals surface area contributed by atoms with Crippen molar-refractivity contribution in [3.63, 3.8) is 0 Å². The zero-order valence-electron chi connectivity index (χ0n) is 31.1. The molecule has 0 saturated heterocycles. The first-order valence-electron chi connectivity index (χ1n) is 17.8. The standard InChI is InChI=1S/2C22H19S.C2H6Si.2ClH.Zr/c2*1-14-11-18-12-19(21-10-9-15(2)23-21)13-20(18)22(16(14)3)17-7-5-4-6-8-17;1-3-2;;;/h2*4-13H,1-3H3;1-2H3;2*1H;/q;;;;;+2/p-2. The molecule has 0 nitrogen and oxygen atoms in total. The van der Waals surface area contributed by atoms with Crippen LogP contribution in [0, 0.1) is 41.5 Å². The maximum atomic E-state index is 2.67. The minimum Gasteiger partial charge on any atom is -1.00 e. The second kappa shape index (κ2) is 15.7. The number of aryl methyl sites for hydroxylation is 4. The summed E-state index contributed by atoms with van der Waals surface area (Å²) in [5, 5.41) is 0. The van der Waals surface area contributed by atoms with Crippen LogP contribution in [-0.2, 0) is 20.4 Å². The van der Waals surface area contributed by atoms with Crippen molar-refractivity contribution < 1.29 is 45.2 Å². The number of allylic oxidation sites excluding steroid dienone is 2. The average Bonchev–Trinajstić information content (AvgIpc) is 3.90. The van der Waals surface area contributed by atoms with E-state index in [2.05, 4.69) is 164 Å². The van der Waals surface area contributed by atoms with Crippen LogP contribution in [0.15, 0.2) is 97.1 Å². The van der Waals surface area contributed by atoms with Gasteiger partial charge in [0, 0.05) is 0 Å². The molecule has 0 spiro atoms. The van der Waals surface area contributed by atoms with E-state index in [0.717, 1.165) is 0 Å². The van der Waals surface area contributed by atoms with Gasteiger partial charge in [0.1, 0.15) is 0 Å². The number of thiophene rings is 2. The van der Waals surface area contributed by atoms with Crippen molar-refractivity contribution in [1.29, 1.82) is 0 Å². The average molecular weight is 851 g/mol. The van der Waals surface area contributed by atoms with Gasteiger partial charge in [-0.05, 0) is 0 Å². The van der Waals surface area contributed by atoms with Crippen molar-refractivity contribution in [2.45, 2.75) is 61.9 Å². The first-order valence-corrected chi connectivity index (χ1v) is 28.4. The van der Waals surface area contributed by atoms with Crippen LogP contribution in [-0.4, -0.2) is 5.43 Å². The summed E-state index contributed by atoms with van der Waals surface area (Å²) in [4.78, 5) is 5.74. The monoisotopic (exact) mass is 848 g/mol. The topological polar surface area (TPSA) is 0 Å². The van der Waals surface area contributed by atoms with Crippen molar-refractivity contribution in [2.24, 2.45) is 0 Å². The molecule has 2 aliphatic carbocycles. The third-order valence-electron chi connectivity index (χ3n) is 11.1. The zero-order chi connectivity index (χ0) is 34.8. The molecule has 0 N–H and O–H groups in total. The van der Waals surface area contributed by atoms with Crippen LogP contribution >= 0.6 is 22.7 Å². The molecule has 6 aromatic rings. The predicted octanol–water partition coefficient (Wildman–Crippen LogP) is 7.76. The fraction of sp³-hybridized carbons (Fsp3) is 0.217. The second-order valence-corrected chi connectivity index (χ2v) is 34.9. The van der Waals surface area contributed by atoms with Crippen molar-refractivity contribution in [3.05, 3.63) is 161 Å². The first kappa shape index (κ1) is 39.1. The SMILES string of the molecule is Cc1ccc(C2=Cc3c(cc(C)c(C)c3-c3ccccc3)[CH]2[Zr+2]([CH]2C(c3ccc(C)s3)=Cc3c2cc(C)c(C)c3-c2ccccc2)=[Si](C)C)s1.[Cl-].[Cl-]. The molecular formula is C46H44Cl2S2SiZr. The molecule has 6 heteroatoms. The van der Waals surface area contributed by atoms with E-state index in [9.17, 15) is 0 Å². The van der Waals surface area contributed by atoms with Crippen LogP contribution in [0.1, 0.15) is 71.3 Å². The summed E-state index contributed by atoms with van der Waals surface area (Å²) < 4.78 is 0.997. The van der Waals surface area contributed by atoms with Gasteiger partial charge in [0.15, 0.2) is 0 Å². The van der Waals surface area contributed by atoms with E-state index in [1.807, 2.05) is 22.7 Å². The van der Waals surface area contributed by atoms with Crippen LogP contribution in [0.25, 0.3) is 45.6 Å². The molecule has 0 radical (unpaired) electrons. The minimum absolute atomic E-state index is 0. The molecule has 2 aliphatic rings. The van der Waals surface area contributed by atoms with E-state index in [4.69, 9.17) is 0 Å².